The smallest absolute Gasteiger partial charge is 0.463 e. The Morgan fingerprint density at radius 3 is 2.00 bits per heavy atom. The van der Waals surface area contributed by atoms with E-state index in [1.54, 1.807) is 0 Å². The number of carbonyl (C=O) groups is 1. The maximum absolute atomic E-state index is 12.1. The molecular weight excluding hydrogens is 322 g/mol. The van der Waals surface area contributed by atoms with Crippen molar-refractivity contribution in [3.8, 4) is 0 Å². The molecule has 0 atom stereocenters. The summed E-state index contributed by atoms with van der Waals surface area (Å²) in [5, 5.41) is 0. The van der Waals surface area contributed by atoms with E-state index < -0.39 is 40.0 Å². The second-order valence-corrected chi connectivity index (χ2v) is 4.68. The summed E-state index contributed by atoms with van der Waals surface area (Å²) in [5.41, 5.74) is -5.92. The predicted molar refractivity (Wildman–Crippen MR) is 51.4 cm³/mol. The van der Waals surface area contributed by atoms with Crippen LogP contribution in [0.2, 0.25) is 0 Å². The number of halogens is 6. The van der Waals surface area contributed by atoms with Gasteiger partial charge in [0.05, 0.1) is 12.7 Å². The Bertz CT molecular complexity index is 475. The number of hydrogen-bond acceptors (Lipinski definition) is 5. The molecule has 0 aliphatic heterocycles. The van der Waals surface area contributed by atoms with Crippen LogP contribution in [0.4, 0.5) is 26.3 Å². The molecule has 0 saturated carbocycles. The predicted octanol–water partition coefficient (Wildman–Crippen LogP) is 2.25. The lowest BCUT2D eigenvalue weighted by molar-refractivity contribution is -0.138. The Kier molecular flexibility index (Phi) is 5.86. The molecule has 5 nitrogen and oxygen atoms in total. The van der Waals surface area contributed by atoms with Gasteiger partial charge in [-0.2, -0.15) is 34.8 Å². The molecule has 0 unspecified atom stereocenters. The van der Waals surface area contributed by atoms with Gasteiger partial charge >= 0.3 is 27.8 Å². The zero-order valence-corrected chi connectivity index (χ0v) is 10.5. The Balaban J connectivity index is 5.31. The highest BCUT2D eigenvalue weighted by Gasteiger charge is 2.49. The molecule has 0 aromatic rings. The van der Waals surface area contributed by atoms with E-state index >= 15 is 0 Å². The molecule has 0 fully saturated rings. The van der Waals surface area contributed by atoms with Crippen molar-refractivity contribution in [2.24, 2.45) is 0 Å². The number of esters is 1. The van der Waals surface area contributed by atoms with E-state index in [9.17, 15) is 39.6 Å². The minimum absolute atomic E-state index is 0.111. The van der Waals surface area contributed by atoms with E-state index in [0.29, 0.717) is 0 Å². The first-order chi connectivity index (χ1) is 8.78. The largest absolute Gasteiger partial charge is 0.534 e. The first-order valence-electron chi connectivity index (χ1n) is 4.73. The van der Waals surface area contributed by atoms with Gasteiger partial charge in [-0.05, 0) is 6.92 Å². The molecule has 20 heavy (non-hydrogen) atoms. The molecule has 0 aliphatic carbocycles. The summed E-state index contributed by atoms with van der Waals surface area (Å²) >= 11 is 0. The van der Waals surface area contributed by atoms with Crippen LogP contribution in [0.1, 0.15) is 13.3 Å². The molecule has 118 valence electrons. The molecule has 0 heterocycles. The van der Waals surface area contributed by atoms with Crippen LogP contribution >= 0.6 is 0 Å². The first kappa shape index (κ1) is 18.5. The van der Waals surface area contributed by atoms with Gasteiger partial charge < -0.3 is 8.92 Å². The molecule has 0 rings (SSSR count). The van der Waals surface area contributed by atoms with Crippen molar-refractivity contribution in [1.82, 2.24) is 0 Å². The second-order valence-electron chi connectivity index (χ2n) is 3.14. The van der Waals surface area contributed by atoms with Gasteiger partial charge in [0, 0.05) is 0 Å². The highest BCUT2D eigenvalue weighted by molar-refractivity contribution is 7.87. The molecule has 0 aromatic carbocycles. The van der Waals surface area contributed by atoms with Gasteiger partial charge in [0.2, 0.25) is 0 Å². The maximum atomic E-state index is 12.1. The molecule has 0 spiro atoms. The van der Waals surface area contributed by atoms with Crippen LogP contribution in [0.5, 0.6) is 0 Å². The topological polar surface area (TPSA) is 69.7 Å². The maximum Gasteiger partial charge on any atom is 0.534 e. The van der Waals surface area contributed by atoms with Gasteiger partial charge in [-0.15, -0.1) is 0 Å². The lowest BCUT2D eigenvalue weighted by atomic mass is 10.3. The van der Waals surface area contributed by atoms with E-state index in [2.05, 4.69) is 8.92 Å². The average molecular weight is 330 g/mol. The number of rotatable bonds is 5. The standard InChI is InChI=1S/C8H8F6O5S/c1-2-18-6(15)3-5(4-7(9,10)11)19-20(16,17)8(12,13)14/h3H,2,4H2,1H3/b5-3-. The fraction of sp³-hybridized carbons (Fsp3) is 0.625. The Labute approximate surface area is 109 Å². The third kappa shape index (κ3) is 6.63. The van der Waals surface area contributed by atoms with Crippen molar-refractivity contribution in [1.29, 1.82) is 0 Å². The molecule has 12 heteroatoms. The average Bonchev–Trinajstić information content (AvgIpc) is 2.11. The minimum atomic E-state index is -6.31. The van der Waals surface area contributed by atoms with Crippen LogP contribution < -0.4 is 0 Å². The van der Waals surface area contributed by atoms with Gasteiger partial charge in [0.1, 0.15) is 12.2 Å². The van der Waals surface area contributed by atoms with Crippen LogP contribution in [-0.4, -0.2) is 32.7 Å². The molecule has 0 bridgehead atoms. The van der Waals surface area contributed by atoms with Crippen LogP contribution in [0.25, 0.3) is 0 Å². The Hall–Kier alpha value is -1.46. The monoisotopic (exact) mass is 330 g/mol. The summed E-state index contributed by atoms with van der Waals surface area (Å²) in [5.74, 6) is -3.21. The molecular formula is C8H8F6O5S. The van der Waals surface area contributed by atoms with Crippen LogP contribution in [0.15, 0.2) is 11.8 Å². The number of allylic oxidation sites excluding steroid dienone is 1. The van der Waals surface area contributed by atoms with Gasteiger partial charge in [-0.25, -0.2) is 4.79 Å². The van der Waals surface area contributed by atoms with Gasteiger partial charge in [0.25, 0.3) is 0 Å². The van der Waals surface area contributed by atoms with Crippen molar-refractivity contribution in [2.45, 2.75) is 25.0 Å². The normalized spacial score (nSPS) is 14.1. The van der Waals surface area contributed by atoms with Gasteiger partial charge in [-0.3, -0.25) is 0 Å². The Morgan fingerprint density at radius 2 is 1.65 bits per heavy atom. The number of alkyl halides is 6. The number of hydrogen-bond donors (Lipinski definition) is 0. The highest BCUT2D eigenvalue weighted by atomic mass is 32.2. The van der Waals surface area contributed by atoms with E-state index in [0.717, 1.165) is 0 Å². The Morgan fingerprint density at radius 1 is 1.15 bits per heavy atom. The van der Waals surface area contributed by atoms with Gasteiger partial charge in [-0.1, -0.05) is 0 Å². The summed E-state index contributed by atoms with van der Waals surface area (Å²) in [6.07, 6.45) is -7.37. The summed E-state index contributed by atoms with van der Waals surface area (Å²) in [4.78, 5) is 10.9. The summed E-state index contributed by atoms with van der Waals surface area (Å²) in [6.45, 7) is 1.00. The molecule has 0 aliphatic rings. The van der Waals surface area contributed by atoms with E-state index in [1.165, 1.54) is 6.92 Å². The van der Waals surface area contributed by atoms with Gasteiger partial charge in [0.15, 0.2) is 0 Å². The number of carbonyl (C=O) groups excluding carboxylic acids is 1. The van der Waals surface area contributed by atoms with Crippen molar-refractivity contribution in [2.75, 3.05) is 6.61 Å². The summed E-state index contributed by atoms with van der Waals surface area (Å²) in [7, 11) is -6.31. The van der Waals surface area contributed by atoms with E-state index in [1.807, 2.05) is 0 Å². The van der Waals surface area contributed by atoms with E-state index in [-0.39, 0.29) is 12.7 Å². The second kappa shape index (κ2) is 6.33. The molecule has 0 amide bonds. The van der Waals surface area contributed by atoms with Crippen molar-refractivity contribution < 1.29 is 48.5 Å². The SMILES string of the molecule is CCOC(=O)/C=C(/CC(F)(F)F)OS(=O)(=O)C(F)(F)F. The zero-order valence-electron chi connectivity index (χ0n) is 9.71. The van der Waals surface area contributed by atoms with E-state index in [4.69, 9.17) is 0 Å². The quantitative estimate of drug-likeness (QED) is 0.193. The van der Waals surface area contributed by atoms with Crippen LogP contribution in [0, 0.1) is 0 Å². The van der Waals surface area contributed by atoms with Crippen molar-refractivity contribution in [3.63, 3.8) is 0 Å². The summed E-state index contributed by atoms with van der Waals surface area (Å²) < 4.78 is 101. The van der Waals surface area contributed by atoms with Crippen LogP contribution in [0.3, 0.4) is 0 Å². The fourth-order valence-electron chi connectivity index (χ4n) is 0.806. The van der Waals surface area contributed by atoms with Crippen molar-refractivity contribution in [3.05, 3.63) is 11.8 Å². The zero-order chi connectivity index (χ0) is 16.2. The lowest BCUT2D eigenvalue weighted by Crippen LogP contribution is -2.26. The number of ether oxygens (including phenoxy) is 1. The summed E-state index contributed by atoms with van der Waals surface area (Å²) in [6, 6.07) is 0. The molecule has 0 saturated heterocycles. The molecule has 0 radical (unpaired) electrons. The third-order valence-electron chi connectivity index (χ3n) is 1.44. The first-order valence-corrected chi connectivity index (χ1v) is 6.14. The fourth-order valence-corrected chi connectivity index (χ4v) is 1.29. The third-order valence-corrected chi connectivity index (χ3v) is 2.44. The van der Waals surface area contributed by atoms with Crippen LogP contribution in [-0.2, 0) is 23.8 Å². The lowest BCUT2D eigenvalue weighted by Gasteiger charge is -2.13. The molecule has 0 aromatic heterocycles. The highest BCUT2D eigenvalue weighted by Crippen LogP contribution is 2.31. The van der Waals surface area contributed by atoms with Crippen molar-refractivity contribution >= 4 is 16.1 Å². The minimum Gasteiger partial charge on any atom is -0.463 e. The molecule has 0 N–H and O–H groups in total.